The lowest BCUT2D eigenvalue weighted by Crippen LogP contribution is -2.39. The van der Waals surface area contributed by atoms with Gasteiger partial charge in [-0.1, -0.05) is 6.92 Å². The van der Waals surface area contributed by atoms with Crippen LogP contribution >= 0.6 is 0 Å². The minimum Gasteiger partial charge on any atom is -0.472 e. The second-order valence-electron chi connectivity index (χ2n) is 4.15. The third-order valence-electron chi connectivity index (χ3n) is 3.04. The molecule has 3 heteroatoms. The lowest BCUT2D eigenvalue weighted by molar-refractivity contribution is 0.0761. The lowest BCUT2D eigenvalue weighted by atomic mass is 9.75. The molecule has 2 rings (SSSR count). The van der Waals surface area contributed by atoms with E-state index in [2.05, 4.69) is 5.32 Å². The molecule has 0 aliphatic carbocycles. The van der Waals surface area contributed by atoms with Gasteiger partial charge in [-0.25, -0.2) is 0 Å². The first-order valence-electron chi connectivity index (χ1n) is 5.00. The molecular formula is C11H15NO2. The molecule has 1 saturated heterocycles. The van der Waals surface area contributed by atoms with E-state index in [1.807, 2.05) is 6.92 Å². The van der Waals surface area contributed by atoms with E-state index in [0.717, 1.165) is 25.9 Å². The molecule has 0 unspecified atom stereocenters. The number of hydrogen-bond acceptors (Lipinski definition) is 3. The molecule has 2 heterocycles. The van der Waals surface area contributed by atoms with Gasteiger partial charge in [-0.3, -0.25) is 4.79 Å². The molecule has 1 fully saturated rings. The fourth-order valence-electron chi connectivity index (χ4n) is 1.95. The molecule has 1 aliphatic rings. The summed E-state index contributed by atoms with van der Waals surface area (Å²) in [7, 11) is 0. The minimum absolute atomic E-state index is 0.199. The maximum absolute atomic E-state index is 12.1. The molecule has 3 nitrogen and oxygen atoms in total. The van der Waals surface area contributed by atoms with E-state index >= 15 is 0 Å². The van der Waals surface area contributed by atoms with E-state index in [1.165, 1.54) is 6.26 Å². The number of Topliss-reactive ketones (excluding diaryl/α,β-unsaturated/α-hetero) is 1. The van der Waals surface area contributed by atoms with Crippen LogP contribution < -0.4 is 5.32 Å². The van der Waals surface area contributed by atoms with Gasteiger partial charge in [0.15, 0.2) is 5.78 Å². The maximum atomic E-state index is 12.1. The summed E-state index contributed by atoms with van der Waals surface area (Å²) in [5.74, 6) is 0.216. The zero-order valence-corrected chi connectivity index (χ0v) is 8.38. The van der Waals surface area contributed by atoms with Gasteiger partial charge in [0.2, 0.25) is 0 Å². The van der Waals surface area contributed by atoms with Crippen molar-refractivity contribution in [2.24, 2.45) is 5.41 Å². The van der Waals surface area contributed by atoms with Crippen LogP contribution in [0, 0.1) is 5.41 Å². The minimum atomic E-state index is -0.199. The van der Waals surface area contributed by atoms with Crippen LogP contribution in [0.5, 0.6) is 0 Å². The molecule has 0 aromatic carbocycles. The van der Waals surface area contributed by atoms with Crippen molar-refractivity contribution in [2.75, 3.05) is 13.1 Å². The van der Waals surface area contributed by atoms with E-state index in [1.54, 1.807) is 12.3 Å². The van der Waals surface area contributed by atoms with Crippen LogP contribution in [0.2, 0.25) is 0 Å². The van der Waals surface area contributed by atoms with E-state index in [4.69, 9.17) is 4.42 Å². The van der Waals surface area contributed by atoms with Gasteiger partial charge < -0.3 is 9.73 Å². The molecule has 1 aromatic rings. The average Bonchev–Trinajstić information content (AvgIpc) is 2.70. The van der Waals surface area contributed by atoms with Crippen LogP contribution in [0.4, 0.5) is 0 Å². The molecular weight excluding hydrogens is 178 g/mol. The Kier molecular flexibility index (Phi) is 2.42. The van der Waals surface area contributed by atoms with Gasteiger partial charge in [0.25, 0.3) is 0 Å². The van der Waals surface area contributed by atoms with Crippen molar-refractivity contribution in [3.05, 3.63) is 24.2 Å². The summed E-state index contributed by atoms with van der Waals surface area (Å²) in [6.07, 6.45) is 4.92. The topological polar surface area (TPSA) is 42.2 Å². The third-order valence-corrected chi connectivity index (χ3v) is 3.04. The summed E-state index contributed by atoms with van der Waals surface area (Å²) in [6.45, 7) is 3.91. The molecule has 0 spiro atoms. The van der Waals surface area contributed by atoms with Gasteiger partial charge in [0.1, 0.15) is 6.26 Å². The molecule has 1 aromatic heterocycles. The normalized spacial score (nSPS) is 20.6. The number of carbonyl (C=O) groups excluding carboxylic acids is 1. The summed E-state index contributed by atoms with van der Waals surface area (Å²) < 4.78 is 4.93. The first kappa shape index (κ1) is 9.46. The van der Waals surface area contributed by atoms with Crippen molar-refractivity contribution in [1.82, 2.24) is 5.32 Å². The standard InChI is InChI=1S/C11H15NO2/c1-11(3-5-12-6-4-11)10(13)9-2-7-14-8-9/h2,7-8,12H,3-6H2,1H3. The average molecular weight is 193 g/mol. The highest BCUT2D eigenvalue weighted by Gasteiger charge is 2.35. The number of rotatable bonds is 2. The summed E-state index contributed by atoms with van der Waals surface area (Å²) in [5, 5.41) is 3.26. The van der Waals surface area contributed by atoms with E-state index in [-0.39, 0.29) is 11.2 Å². The Morgan fingerprint density at radius 2 is 2.21 bits per heavy atom. The molecule has 1 N–H and O–H groups in total. The molecule has 0 bridgehead atoms. The quantitative estimate of drug-likeness (QED) is 0.729. The molecule has 1 aliphatic heterocycles. The zero-order valence-electron chi connectivity index (χ0n) is 8.38. The van der Waals surface area contributed by atoms with Gasteiger partial charge in [-0.15, -0.1) is 0 Å². The summed E-state index contributed by atoms with van der Waals surface area (Å²) in [6, 6.07) is 1.75. The predicted octanol–water partition coefficient (Wildman–Crippen LogP) is 1.85. The van der Waals surface area contributed by atoms with Gasteiger partial charge >= 0.3 is 0 Å². The van der Waals surface area contributed by atoms with Gasteiger partial charge in [-0.2, -0.15) is 0 Å². The van der Waals surface area contributed by atoms with Crippen LogP contribution in [-0.2, 0) is 0 Å². The van der Waals surface area contributed by atoms with Crippen molar-refractivity contribution in [2.45, 2.75) is 19.8 Å². The largest absolute Gasteiger partial charge is 0.472 e. The number of hydrogen-bond donors (Lipinski definition) is 1. The molecule has 14 heavy (non-hydrogen) atoms. The summed E-state index contributed by atoms with van der Waals surface area (Å²) in [5.41, 5.74) is 0.504. The zero-order chi connectivity index (χ0) is 10.0. The molecule has 0 saturated carbocycles. The van der Waals surface area contributed by atoms with E-state index in [9.17, 15) is 4.79 Å². The van der Waals surface area contributed by atoms with Crippen molar-refractivity contribution >= 4 is 5.78 Å². The Balaban J connectivity index is 2.17. The Morgan fingerprint density at radius 1 is 1.50 bits per heavy atom. The second-order valence-corrected chi connectivity index (χ2v) is 4.15. The molecule has 0 atom stereocenters. The highest BCUT2D eigenvalue weighted by atomic mass is 16.3. The number of furan rings is 1. The van der Waals surface area contributed by atoms with E-state index in [0.29, 0.717) is 5.56 Å². The number of piperidine rings is 1. The highest BCUT2D eigenvalue weighted by Crippen LogP contribution is 2.32. The number of ketones is 1. The monoisotopic (exact) mass is 193 g/mol. The number of nitrogens with one attached hydrogen (secondary N) is 1. The van der Waals surface area contributed by atoms with Gasteiger partial charge in [0.05, 0.1) is 11.8 Å². The fourth-order valence-corrected chi connectivity index (χ4v) is 1.95. The van der Waals surface area contributed by atoms with Crippen LogP contribution in [0.15, 0.2) is 23.0 Å². The first-order valence-corrected chi connectivity index (χ1v) is 5.00. The van der Waals surface area contributed by atoms with Crippen LogP contribution in [0.25, 0.3) is 0 Å². The lowest BCUT2D eigenvalue weighted by Gasteiger charge is -2.32. The molecule has 0 amide bonds. The third kappa shape index (κ3) is 1.60. The summed E-state index contributed by atoms with van der Waals surface area (Å²) in [4.78, 5) is 12.1. The Morgan fingerprint density at radius 3 is 2.79 bits per heavy atom. The predicted molar refractivity (Wildman–Crippen MR) is 53.2 cm³/mol. The maximum Gasteiger partial charge on any atom is 0.172 e. The van der Waals surface area contributed by atoms with Crippen LogP contribution in [0.3, 0.4) is 0 Å². The highest BCUT2D eigenvalue weighted by molar-refractivity contribution is 6.00. The Hall–Kier alpha value is -1.09. The second kappa shape index (κ2) is 3.58. The smallest absolute Gasteiger partial charge is 0.172 e. The Bertz CT molecular complexity index is 310. The van der Waals surface area contributed by atoms with E-state index < -0.39 is 0 Å². The van der Waals surface area contributed by atoms with Crippen molar-refractivity contribution in [3.8, 4) is 0 Å². The van der Waals surface area contributed by atoms with Gasteiger partial charge in [0, 0.05) is 5.41 Å². The van der Waals surface area contributed by atoms with Crippen molar-refractivity contribution in [1.29, 1.82) is 0 Å². The van der Waals surface area contributed by atoms with Crippen molar-refractivity contribution in [3.63, 3.8) is 0 Å². The Labute approximate surface area is 83.5 Å². The van der Waals surface area contributed by atoms with Crippen LogP contribution in [-0.4, -0.2) is 18.9 Å². The van der Waals surface area contributed by atoms with Crippen molar-refractivity contribution < 1.29 is 9.21 Å². The fraction of sp³-hybridized carbons (Fsp3) is 0.545. The SMILES string of the molecule is CC1(C(=O)c2ccoc2)CCNCC1. The number of carbonyl (C=O) groups is 1. The summed E-state index contributed by atoms with van der Waals surface area (Å²) >= 11 is 0. The van der Waals surface area contributed by atoms with Gasteiger partial charge in [-0.05, 0) is 32.0 Å². The molecule has 76 valence electrons. The van der Waals surface area contributed by atoms with Crippen LogP contribution in [0.1, 0.15) is 30.1 Å². The molecule has 0 radical (unpaired) electrons. The first-order chi connectivity index (χ1) is 6.72.